The minimum Gasteiger partial charge on any atom is -0.491 e. The summed E-state index contributed by atoms with van der Waals surface area (Å²) in [5.74, 6) is 1.15. The summed E-state index contributed by atoms with van der Waals surface area (Å²) in [7, 11) is 0. The molecule has 1 heterocycles. The van der Waals surface area contributed by atoms with Gasteiger partial charge in [-0.25, -0.2) is 0 Å². The molecule has 3 aromatic rings. The first kappa shape index (κ1) is 22.6. The van der Waals surface area contributed by atoms with Crippen molar-refractivity contribution in [1.82, 2.24) is 4.90 Å². The van der Waals surface area contributed by atoms with E-state index in [0.717, 1.165) is 55.8 Å². The third kappa shape index (κ3) is 5.23. The van der Waals surface area contributed by atoms with Crippen molar-refractivity contribution in [2.75, 3.05) is 19.6 Å². The van der Waals surface area contributed by atoms with E-state index in [2.05, 4.69) is 55.1 Å². The Morgan fingerprint density at radius 3 is 2.06 bits per heavy atom. The monoisotopic (exact) mass is 429 g/mol. The lowest BCUT2D eigenvalue weighted by molar-refractivity contribution is -0.0152. The lowest BCUT2D eigenvalue weighted by Crippen LogP contribution is -2.44. The summed E-state index contributed by atoms with van der Waals surface area (Å²) in [4.78, 5) is 2.52. The summed E-state index contributed by atoms with van der Waals surface area (Å²) in [5, 5.41) is 12.0. The number of piperidine rings is 1. The number of aliphatic hydroxyl groups is 1. The number of rotatable bonds is 8. The van der Waals surface area contributed by atoms with E-state index >= 15 is 0 Å². The standard InChI is InChI=1S/C29H35NO2/c1-23-10-9-15-28(22-23)32-24(2)16-19-30-20-17-27(18-21-30)29(31,25-11-5-3-6-12-25)26-13-7-4-8-14-26/h3-15,22,24,27,31H,16-21H2,1-2H3. The molecule has 32 heavy (non-hydrogen) atoms. The molecule has 4 rings (SSSR count). The Labute approximate surface area is 192 Å². The number of hydrogen-bond acceptors (Lipinski definition) is 3. The summed E-state index contributed by atoms with van der Waals surface area (Å²) in [6, 6.07) is 28.6. The average Bonchev–Trinajstić information content (AvgIpc) is 2.84. The number of benzene rings is 3. The normalized spacial score (nSPS) is 16.6. The van der Waals surface area contributed by atoms with Crippen molar-refractivity contribution >= 4 is 0 Å². The molecule has 0 radical (unpaired) electrons. The van der Waals surface area contributed by atoms with Crippen molar-refractivity contribution in [3.63, 3.8) is 0 Å². The van der Waals surface area contributed by atoms with E-state index in [1.165, 1.54) is 5.56 Å². The van der Waals surface area contributed by atoms with Crippen LogP contribution < -0.4 is 4.74 Å². The third-order valence-corrected chi connectivity index (χ3v) is 6.78. The van der Waals surface area contributed by atoms with Crippen LogP contribution in [0.5, 0.6) is 5.75 Å². The number of aryl methyl sites for hydroxylation is 1. The first-order chi connectivity index (χ1) is 15.6. The summed E-state index contributed by atoms with van der Waals surface area (Å²) in [5.41, 5.74) is 2.26. The molecule has 1 aliphatic rings. The lowest BCUT2D eigenvalue weighted by Gasteiger charge is -2.42. The van der Waals surface area contributed by atoms with Crippen LogP contribution in [-0.4, -0.2) is 35.7 Å². The average molecular weight is 430 g/mol. The fourth-order valence-corrected chi connectivity index (χ4v) is 4.94. The smallest absolute Gasteiger partial charge is 0.119 e. The summed E-state index contributed by atoms with van der Waals surface area (Å²) >= 11 is 0. The lowest BCUT2D eigenvalue weighted by atomic mass is 9.72. The SMILES string of the molecule is Cc1cccc(OC(C)CCN2CCC(C(O)(c3ccccc3)c3ccccc3)CC2)c1. The molecule has 0 amide bonds. The van der Waals surface area contributed by atoms with Crippen LogP contribution in [0.2, 0.25) is 0 Å². The van der Waals surface area contributed by atoms with Gasteiger partial charge in [0.05, 0.1) is 6.10 Å². The zero-order valence-corrected chi connectivity index (χ0v) is 19.3. The van der Waals surface area contributed by atoms with Crippen LogP contribution in [0.3, 0.4) is 0 Å². The molecule has 0 spiro atoms. The molecule has 1 unspecified atom stereocenters. The Kier molecular flexibility index (Phi) is 7.29. The zero-order chi connectivity index (χ0) is 22.4. The van der Waals surface area contributed by atoms with E-state index in [-0.39, 0.29) is 12.0 Å². The van der Waals surface area contributed by atoms with Gasteiger partial charge in [-0.3, -0.25) is 0 Å². The molecule has 168 valence electrons. The predicted molar refractivity (Wildman–Crippen MR) is 131 cm³/mol. The van der Waals surface area contributed by atoms with Gasteiger partial charge in [0, 0.05) is 6.54 Å². The number of ether oxygens (including phenoxy) is 1. The van der Waals surface area contributed by atoms with Gasteiger partial charge >= 0.3 is 0 Å². The third-order valence-electron chi connectivity index (χ3n) is 6.78. The van der Waals surface area contributed by atoms with Crippen LogP contribution in [0, 0.1) is 12.8 Å². The molecular formula is C29H35NO2. The van der Waals surface area contributed by atoms with E-state index in [1.54, 1.807) is 0 Å². The van der Waals surface area contributed by atoms with Crippen LogP contribution in [0.15, 0.2) is 84.9 Å². The highest BCUT2D eigenvalue weighted by Crippen LogP contribution is 2.41. The quantitative estimate of drug-likeness (QED) is 0.491. The van der Waals surface area contributed by atoms with Crippen LogP contribution in [0.25, 0.3) is 0 Å². The van der Waals surface area contributed by atoms with Crippen molar-refractivity contribution in [3.8, 4) is 5.75 Å². The Morgan fingerprint density at radius 2 is 1.50 bits per heavy atom. The minimum absolute atomic E-state index is 0.181. The fraction of sp³-hybridized carbons (Fsp3) is 0.379. The van der Waals surface area contributed by atoms with Crippen molar-refractivity contribution in [2.24, 2.45) is 5.92 Å². The highest BCUT2D eigenvalue weighted by Gasteiger charge is 2.41. The Morgan fingerprint density at radius 1 is 0.906 bits per heavy atom. The highest BCUT2D eigenvalue weighted by atomic mass is 16.5. The van der Waals surface area contributed by atoms with E-state index in [4.69, 9.17) is 4.74 Å². The van der Waals surface area contributed by atoms with Gasteiger partial charge < -0.3 is 14.7 Å². The van der Waals surface area contributed by atoms with Gasteiger partial charge in [-0.05, 0) is 80.9 Å². The maximum atomic E-state index is 12.0. The Bertz CT molecular complexity index is 925. The van der Waals surface area contributed by atoms with Gasteiger partial charge in [0.15, 0.2) is 0 Å². The van der Waals surface area contributed by atoms with Crippen LogP contribution in [-0.2, 0) is 5.60 Å². The molecule has 1 atom stereocenters. The van der Waals surface area contributed by atoms with E-state index in [0.29, 0.717) is 0 Å². The van der Waals surface area contributed by atoms with Crippen LogP contribution in [0.1, 0.15) is 42.9 Å². The summed E-state index contributed by atoms with van der Waals surface area (Å²) in [6.45, 7) is 7.27. The second-order valence-electron chi connectivity index (χ2n) is 9.15. The maximum absolute atomic E-state index is 12.0. The molecule has 0 saturated carbocycles. The van der Waals surface area contributed by atoms with Gasteiger partial charge in [-0.1, -0.05) is 72.8 Å². The van der Waals surface area contributed by atoms with E-state index in [1.807, 2.05) is 48.5 Å². The van der Waals surface area contributed by atoms with Crippen molar-refractivity contribution < 1.29 is 9.84 Å². The minimum atomic E-state index is -0.948. The van der Waals surface area contributed by atoms with Crippen LogP contribution in [0.4, 0.5) is 0 Å². The molecule has 0 aromatic heterocycles. The summed E-state index contributed by atoms with van der Waals surface area (Å²) in [6.07, 6.45) is 3.14. The zero-order valence-electron chi connectivity index (χ0n) is 19.3. The van der Waals surface area contributed by atoms with Gasteiger partial charge in [0.2, 0.25) is 0 Å². The summed E-state index contributed by atoms with van der Waals surface area (Å²) < 4.78 is 6.11. The number of likely N-dealkylation sites (tertiary alicyclic amines) is 1. The molecule has 3 heteroatoms. The van der Waals surface area contributed by atoms with Crippen molar-refractivity contribution in [3.05, 3.63) is 102 Å². The highest BCUT2D eigenvalue weighted by molar-refractivity contribution is 5.37. The molecule has 3 nitrogen and oxygen atoms in total. The van der Waals surface area contributed by atoms with Crippen molar-refractivity contribution in [1.29, 1.82) is 0 Å². The van der Waals surface area contributed by atoms with Gasteiger partial charge in [-0.2, -0.15) is 0 Å². The Hall–Kier alpha value is -2.62. The molecule has 1 aliphatic heterocycles. The van der Waals surface area contributed by atoms with E-state index < -0.39 is 5.60 Å². The van der Waals surface area contributed by atoms with E-state index in [9.17, 15) is 5.11 Å². The molecule has 1 N–H and O–H groups in total. The molecule has 0 bridgehead atoms. The second-order valence-corrected chi connectivity index (χ2v) is 9.15. The molecule has 1 saturated heterocycles. The van der Waals surface area contributed by atoms with Crippen molar-refractivity contribution in [2.45, 2.75) is 44.8 Å². The van der Waals surface area contributed by atoms with Crippen LogP contribution >= 0.6 is 0 Å². The molecule has 0 aliphatic carbocycles. The number of nitrogens with zero attached hydrogens (tertiary/aromatic N) is 1. The Balaban J connectivity index is 1.36. The van der Waals surface area contributed by atoms with Gasteiger partial charge in [0.25, 0.3) is 0 Å². The first-order valence-electron chi connectivity index (χ1n) is 11.8. The fourth-order valence-electron chi connectivity index (χ4n) is 4.94. The molecule has 3 aromatic carbocycles. The van der Waals surface area contributed by atoms with Gasteiger partial charge in [0.1, 0.15) is 11.4 Å². The maximum Gasteiger partial charge on any atom is 0.119 e. The molecular weight excluding hydrogens is 394 g/mol. The number of hydrogen-bond donors (Lipinski definition) is 1. The largest absolute Gasteiger partial charge is 0.491 e. The molecule has 1 fully saturated rings. The first-order valence-corrected chi connectivity index (χ1v) is 11.8. The second kappa shape index (κ2) is 10.3. The predicted octanol–water partition coefficient (Wildman–Crippen LogP) is 5.80. The topological polar surface area (TPSA) is 32.7 Å². The van der Waals surface area contributed by atoms with Gasteiger partial charge in [-0.15, -0.1) is 0 Å².